The summed E-state index contributed by atoms with van der Waals surface area (Å²) in [4.78, 5) is 28.6. The van der Waals surface area contributed by atoms with E-state index in [-0.39, 0.29) is 5.57 Å². The molecule has 3 amide bonds. The Labute approximate surface area is 73.8 Å². The molecule has 0 aliphatic carbocycles. The number of amides is 3. The Bertz CT molecular complexity index is 231. The van der Waals surface area contributed by atoms with Gasteiger partial charge in [-0.25, -0.2) is 0 Å². The summed E-state index contributed by atoms with van der Waals surface area (Å²) in [6, 6.07) is 0. The lowest BCUT2D eigenvalue weighted by Gasteiger charge is -2.02. The molecule has 3 N–H and O–H groups in total. The lowest BCUT2D eigenvalue weighted by Crippen LogP contribution is -2.40. The highest BCUT2D eigenvalue weighted by molar-refractivity contribution is 6.00. The largest absolute Gasteiger partial charge is 0.530 e. The number of carbonyl (C=O) groups excluding carboxylic acids is 3. The van der Waals surface area contributed by atoms with Crippen LogP contribution in [0.3, 0.4) is 0 Å². The van der Waals surface area contributed by atoms with Crippen molar-refractivity contribution in [3.05, 3.63) is 12.2 Å². The molecular weight excluding hydrogens is 180 g/mol. The van der Waals surface area contributed by atoms with Crippen LogP contribution in [0.1, 0.15) is 6.92 Å². The van der Waals surface area contributed by atoms with E-state index in [0.717, 1.165) is 0 Å². The van der Waals surface area contributed by atoms with Gasteiger partial charge in [0, 0.05) is 5.57 Å². The average Bonchev–Trinajstić information content (AvgIpc) is 1.83. The van der Waals surface area contributed by atoms with Crippen LogP contribution in [0.15, 0.2) is 12.2 Å². The smallest absolute Gasteiger partial charge is 0.251 e. The SMILES string of the molecule is C=C(C)C(=O)NC(=O)[O-].NC(=O)[O-]. The molecule has 0 aromatic rings. The highest BCUT2D eigenvalue weighted by Crippen LogP contribution is 1.83. The van der Waals surface area contributed by atoms with Crippen molar-refractivity contribution in [1.29, 1.82) is 0 Å². The lowest BCUT2D eigenvalue weighted by molar-refractivity contribution is -0.250. The molecule has 0 aromatic carbocycles. The van der Waals surface area contributed by atoms with Gasteiger partial charge in [0.05, 0.1) is 0 Å². The number of rotatable bonds is 1. The minimum Gasteiger partial charge on any atom is -0.530 e. The van der Waals surface area contributed by atoms with E-state index in [1.165, 1.54) is 12.2 Å². The minimum absolute atomic E-state index is 0.138. The summed E-state index contributed by atoms with van der Waals surface area (Å²) in [7, 11) is 0. The first-order valence-electron chi connectivity index (χ1n) is 2.91. The van der Waals surface area contributed by atoms with E-state index in [1.54, 1.807) is 0 Å². The van der Waals surface area contributed by atoms with Gasteiger partial charge < -0.3 is 30.9 Å². The molecule has 0 heterocycles. The van der Waals surface area contributed by atoms with Gasteiger partial charge in [-0.1, -0.05) is 6.58 Å². The van der Waals surface area contributed by atoms with Crippen LogP contribution in [0.5, 0.6) is 0 Å². The van der Waals surface area contributed by atoms with E-state index in [1.807, 2.05) is 0 Å². The van der Waals surface area contributed by atoms with E-state index in [9.17, 15) is 14.7 Å². The van der Waals surface area contributed by atoms with Crippen LogP contribution in [-0.4, -0.2) is 18.1 Å². The molecule has 7 nitrogen and oxygen atoms in total. The van der Waals surface area contributed by atoms with E-state index >= 15 is 0 Å². The van der Waals surface area contributed by atoms with Crippen LogP contribution in [0.2, 0.25) is 0 Å². The van der Waals surface area contributed by atoms with Gasteiger partial charge in [0.2, 0.25) is 0 Å². The van der Waals surface area contributed by atoms with Crippen LogP contribution in [0.25, 0.3) is 0 Å². The predicted molar refractivity (Wildman–Crippen MR) is 37.9 cm³/mol. The Morgan fingerprint density at radius 3 is 1.69 bits per heavy atom. The monoisotopic (exact) mass is 188 g/mol. The minimum atomic E-state index is -1.61. The molecule has 0 aliphatic heterocycles. The maximum atomic E-state index is 10.3. The van der Waals surface area contributed by atoms with Gasteiger partial charge in [0.1, 0.15) is 12.2 Å². The number of carboxylic acid groups (broad SMARTS) is 2. The molecule has 0 radical (unpaired) electrons. The maximum absolute atomic E-state index is 10.3. The van der Waals surface area contributed by atoms with Crippen molar-refractivity contribution in [1.82, 2.24) is 5.32 Å². The summed E-state index contributed by atoms with van der Waals surface area (Å²) in [5, 5.41) is 19.8. The van der Waals surface area contributed by atoms with Crippen LogP contribution in [-0.2, 0) is 4.79 Å². The number of imide groups is 1. The van der Waals surface area contributed by atoms with Crippen molar-refractivity contribution in [2.24, 2.45) is 5.73 Å². The zero-order valence-electron chi connectivity index (χ0n) is 6.83. The summed E-state index contributed by atoms with van der Waals surface area (Å²) in [6.07, 6.45) is -3.19. The van der Waals surface area contributed by atoms with E-state index < -0.39 is 18.1 Å². The number of hydrogen-bond acceptors (Lipinski definition) is 5. The number of nitrogens with two attached hydrogens (primary N) is 1. The molecule has 13 heavy (non-hydrogen) atoms. The van der Waals surface area contributed by atoms with Gasteiger partial charge in [0.25, 0.3) is 5.91 Å². The van der Waals surface area contributed by atoms with Gasteiger partial charge >= 0.3 is 0 Å². The first kappa shape index (κ1) is 13.5. The van der Waals surface area contributed by atoms with Crippen molar-refractivity contribution in [3.8, 4) is 0 Å². The molecule has 0 spiro atoms. The Morgan fingerprint density at radius 1 is 1.31 bits per heavy atom. The van der Waals surface area contributed by atoms with Gasteiger partial charge in [0.15, 0.2) is 0 Å². The summed E-state index contributed by atoms with van der Waals surface area (Å²) < 4.78 is 0. The number of nitrogens with one attached hydrogen (secondary N) is 1. The molecule has 7 heteroatoms. The summed E-state index contributed by atoms with van der Waals surface area (Å²) in [6.45, 7) is 4.61. The Morgan fingerprint density at radius 2 is 1.62 bits per heavy atom. The molecule has 0 saturated heterocycles. The van der Waals surface area contributed by atoms with Crippen LogP contribution < -0.4 is 21.3 Å². The predicted octanol–water partition coefficient (Wildman–Crippen LogP) is -2.69. The average molecular weight is 188 g/mol. The fourth-order valence-corrected chi connectivity index (χ4v) is 0.199. The molecule has 0 atom stereocenters. The summed E-state index contributed by atoms with van der Waals surface area (Å²) in [5.41, 5.74) is 4.05. The highest BCUT2D eigenvalue weighted by Gasteiger charge is 1.98. The lowest BCUT2D eigenvalue weighted by atomic mass is 10.3. The molecule has 0 bridgehead atoms. The quantitative estimate of drug-likeness (QED) is 0.432. The van der Waals surface area contributed by atoms with Crippen molar-refractivity contribution in [3.63, 3.8) is 0 Å². The molecule has 0 fully saturated rings. The topological polar surface area (TPSA) is 135 Å². The van der Waals surface area contributed by atoms with Crippen molar-refractivity contribution >= 4 is 18.1 Å². The van der Waals surface area contributed by atoms with E-state index in [4.69, 9.17) is 9.90 Å². The Balaban J connectivity index is 0. The second-order valence-electron chi connectivity index (χ2n) is 1.84. The third-order valence-corrected chi connectivity index (χ3v) is 0.603. The normalized spacial score (nSPS) is 7.46. The third kappa shape index (κ3) is 17.8. The summed E-state index contributed by atoms with van der Waals surface area (Å²) in [5.74, 6) is -0.727. The molecular formula is C6H8N2O5-2. The van der Waals surface area contributed by atoms with E-state index in [2.05, 4.69) is 12.3 Å². The number of carbonyl (C=O) groups is 3. The molecule has 0 aromatic heterocycles. The van der Waals surface area contributed by atoms with Crippen molar-refractivity contribution in [2.45, 2.75) is 6.92 Å². The van der Waals surface area contributed by atoms with Crippen molar-refractivity contribution in [2.75, 3.05) is 0 Å². The van der Waals surface area contributed by atoms with Gasteiger partial charge in [-0.05, 0) is 6.92 Å². The Kier molecular flexibility index (Phi) is 6.92. The van der Waals surface area contributed by atoms with Gasteiger partial charge in [-0.15, -0.1) is 0 Å². The fraction of sp³-hybridized carbons (Fsp3) is 0.167. The number of hydrogen-bond donors (Lipinski definition) is 2. The zero-order valence-corrected chi connectivity index (χ0v) is 6.83. The molecule has 0 aliphatic rings. The highest BCUT2D eigenvalue weighted by atomic mass is 16.4. The molecule has 0 saturated carbocycles. The zero-order chi connectivity index (χ0) is 11.0. The number of primary amides is 1. The van der Waals surface area contributed by atoms with Crippen LogP contribution >= 0.6 is 0 Å². The van der Waals surface area contributed by atoms with Crippen LogP contribution in [0, 0.1) is 0 Å². The van der Waals surface area contributed by atoms with E-state index in [0.29, 0.717) is 0 Å². The molecule has 0 unspecified atom stereocenters. The van der Waals surface area contributed by atoms with Crippen molar-refractivity contribution < 1.29 is 24.6 Å². The third-order valence-electron chi connectivity index (χ3n) is 0.603. The molecule has 74 valence electrons. The standard InChI is InChI=1S/C5H7NO3.CH3NO2/c1-3(2)4(7)6-5(8)9;2-1(3)4/h1H2,2H3,(H,6,7)(H,8,9);2H2,(H,3,4)/p-2. The Hall–Kier alpha value is -2.05. The summed E-state index contributed by atoms with van der Waals surface area (Å²) >= 11 is 0. The van der Waals surface area contributed by atoms with Gasteiger partial charge in [-0.2, -0.15) is 0 Å². The first-order valence-corrected chi connectivity index (χ1v) is 2.91. The first-order chi connectivity index (χ1) is 5.77. The van der Waals surface area contributed by atoms with Gasteiger partial charge in [-0.3, -0.25) is 4.79 Å². The molecule has 0 rings (SSSR count). The second-order valence-corrected chi connectivity index (χ2v) is 1.84. The fourth-order valence-electron chi connectivity index (χ4n) is 0.199. The second kappa shape index (κ2) is 6.65. The maximum Gasteiger partial charge on any atom is 0.251 e. The van der Waals surface area contributed by atoms with Crippen LogP contribution in [0.4, 0.5) is 9.59 Å².